The molecule has 11 heavy (non-hydrogen) atoms. The average Bonchev–Trinajstić information content (AvgIpc) is 1.84. The molecule has 1 fully saturated rings. The maximum Gasteiger partial charge on any atom is 0.139 e. The molecule has 1 rings (SSSR count). The van der Waals surface area contributed by atoms with E-state index in [0.717, 1.165) is 6.29 Å². The van der Waals surface area contributed by atoms with Crippen molar-refractivity contribution in [1.82, 2.24) is 4.90 Å². The molecule has 2 heteroatoms. The standard InChI is InChI=1S/C9H17NO/c1-9(2,7-11)10(3)8-5-4-6-8/h7-8H,4-6H2,1-3H3. The highest BCUT2D eigenvalue weighted by molar-refractivity contribution is 5.62. The van der Waals surface area contributed by atoms with Crippen LogP contribution in [0.2, 0.25) is 0 Å². The Morgan fingerprint density at radius 1 is 1.45 bits per heavy atom. The summed E-state index contributed by atoms with van der Waals surface area (Å²) < 4.78 is 0. The van der Waals surface area contributed by atoms with Crippen LogP contribution in [0.5, 0.6) is 0 Å². The lowest BCUT2D eigenvalue weighted by Gasteiger charge is -2.42. The summed E-state index contributed by atoms with van der Waals surface area (Å²) in [6, 6.07) is 0.648. The number of rotatable bonds is 3. The fourth-order valence-corrected chi connectivity index (χ4v) is 1.33. The van der Waals surface area contributed by atoms with E-state index in [1.54, 1.807) is 0 Å². The first-order chi connectivity index (χ1) is 5.08. The van der Waals surface area contributed by atoms with Crippen molar-refractivity contribution in [1.29, 1.82) is 0 Å². The molecule has 0 unspecified atom stereocenters. The molecule has 0 aromatic heterocycles. The lowest BCUT2D eigenvalue weighted by atomic mass is 9.88. The van der Waals surface area contributed by atoms with E-state index >= 15 is 0 Å². The molecule has 0 amide bonds. The predicted octanol–water partition coefficient (Wildman–Crippen LogP) is 1.45. The summed E-state index contributed by atoms with van der Waals surface area (Å²) in [5.41, 5.74) is -0.273. The van der Waals surface area contributed by atoms with E-state index in [0.29, 0.717) is 6.04 Å². The number of hydrogen-bond donors (Lipinski definition) is 0. The van der Waals surface area contributed by atoms with Gasteiger partial charge in [0.15, 0.2) is 0 Å². The molecule has 0 N–H and O–H groups in total. The molecule has 1 aliphatic carbocycles. The molecule has 0 saturated heterocycles. The second-order valence-electron chi connectivity index (χ2n) is 3.97. The molecule has 0 aromatic rings. The van der Waals surface area contributed by atoms with E-state index in [1.165, 1.54) is 19.3 Å². The highest BCUT2D eigenvalue weighted by Gasteiger charge is 2.32. The molecular weight excluding hydrogens is 138 g/mol. The first-order valence-electron chi connectivity index (χ1n) is 4.27. The summed E-state index contributed by atoms with van der Waals surface area (Å²) in [4.78, 5) is 12.9. The fourth-order valence-electron chi connectivity index (χ4n) is 1.33. The molecule has 0 atom stereocenters. The fraction of sp³-hybridized carbons (Fsp3) is 0.889. The third-order valence-electron chi connectivity index (χ3n) is 2.82. The Kier molecular flexibility index (Phi) is 2.33. The quantitative estimate of drug-likeness (QED) is 0.575. The van der Waals surface area contributed by atoms with E-state index in [-0.39, 0.29) is 5.54 Å². The predicted molar refractivity (Wildman–Crippen MR) is 45.5 cm³/mol. The van der Waals surface area contributed by atoms with E-state index in [4.69, 9.17) is 0 Å². The summed E-state index contributed by atoms with van der Waals surface area (Å²) in [5.74, 6) is 0. The maximum atomic E-state index is 10.7. The number of hydrogen-bond acceptors (Lipinski definition) is 2. The van der Waals surface area contributed by atoms with Gasteiger partial charge in [-0.3, -0.25) is 4.90 Å². The largest absolute Gasteiger partial charge is 0.301 e. The number of aldehydes is 1. The van der Waals surface area contributed by atoms with Gasteiger partial charge >= 0.3 is 0 Å². The third kappa shape index (κ3) is 1.62. The van der Waals surface area contributed by atoms with Gasteiger partial charge in [-0.15, -0.1) is 0 Å². The lowest BCUT2D eigenvalue weighted by molar-refractivity contribution is -0.118. The van der Waals surface area contributed by atoms with Crippen LogP contribution in [0.3, 0.4) is 0 Å². The minimum absolute atomic E-state index is 0.273. The zero-order chi connectivity index (χ0) is 8.48. The normalized spacial score (nSPS) is 20.0. The van der Waals surface area contributed by atoms with Crippen LogP contribution in [0, 0.1) is 0 Å². The highest BCUT2D eigenvalue weighted by Crippen LogP contribution is 2.27. The monoisotopic (exact) mass is 155 g/mol. The van der Waals surface area contributed by atoms with Crippen molar-refractivity contribution in [3.05, 3.63) is 0 Å². The molecule has 2 nitrogen and oxygen atoms in total. The number of carbonyl (C=O) groups is 1. The number of nitrogens with zero attached hydrogens (tertiary/aromatic N) is 1. The molecule has 0 radical (unpaired) electrons. The van der Waals surface area contributed by atoms with Gasteiger partial charge in [0, 0.05) is 6.04 Å². The lowest BCUT2D eigenvalue weighted by Crippen LogP contribution is -2.51. The Bertz CT molecular complexity index is 150. The second-order valence-corrected chi connectivity index (χ2v) is 3.97. The first-order valence-corrected chi connectivity index (χ1v) is 4.27. The molecule has 0 bridgehead atoms. The number of likely N-dealkylation sites (N-methyl/N-ethyl adjacent to an activating group) is 1. The van der Waals surface area contributed by atoms with Crippen LogP contribution in [0.4, 0.5) is 0 Å². The first kappa shape index (κ1) is 8.72. The Hall–Kier alpha value is -0.370. The van der Waals surface area contributed by atoms with Crippen LogP contribution >= 0.6 is 0 Å². The van der Waals surface area contributed by atoms with Gasteiger partial charge in [0.05, 0.1) is 5.54 Å². The van der Waals surface area contributed by atoms with Crippen LogP contribution < -0.4 is 0 Å². The van der Waals surface area contributed by atoms with Gasteiger partial charge in [-0.05, 0) is 33.7 Å². The van der Waals surface area contributed by atoms with Gasteiger partial charge in [0.2, 0.25) is 0 Å². The summed E-state index contributed by atoms with van der Waals surface area (Å²) in [7, 11) is 2.04. The van der Waals surface area contributed by atoms with Gasteiger partial charge in [0.1, 0.15) is 6.29 Å². The van der Waals surface area contributed by atoms with Crippen LogP contribution in [-0.4, -0.2) is 29.8 Å². The van der Waals surface area contributed by atoms with Gasteiger partial charge in [0.25, 0.3) is 0 Å². The summed E-state index contributed by atoms with van der Waals surface area (Å²) in [6.45, 7) is 3.94. The van der Waals surface area contributed by atoms with Gasteiger partial charge < -0.3 is 4.79 Å². The van der Waals surface area contributed by atoms with Crippen molar-refractivity contribution in [2.45, 2.75) is 44.7 Å². The molecule has 1 aliphatic rings. The van der Waals surface area contributed by atoms with Crippen molar-refractivity contribution >= 4 is 6.29 Å². The summed E-state index contributed by atoms with van der Waals surface area (Å²) in [5, 5.41) is 0. The van der Waals surface area contributed by atoms with Gasteiger partial charge in [-0.25, -0.2) is 0 Å². The maximum absolute atomic E-state index is 10.7. The van der Waals surface area contributed by atoms with Crippen molar-refractivity contribution in [3.63, 3.8) is 0 Å². The zero-order valence-electron chi connectivity index (χ0n) is 7.63. The van der Waals surface area contributed by atoms with E-state index in [9.17, 15) is 4.79 Å². The van der Waals surface area contributed by atoms with E-state index in [2.05, 4.69) is 4.90 Å². The Morgan fingerprint density at radius 3 is 2.27 bits per heavy atom. The van der Waals surface area contributed by atoms with E-state index < -0.39 is 0 Å². The second kappa shape index (κ2) is 2.94. The Balaban J connectivity index is 2.50. The summed E-state index contributed by atoms with van der Waals surface area (Å²) in [6.07, 6.45) is 4.87. The molecule has 64 valence electrons. The number of carbonyl (C=O) groups excluding carboxylic acids is 1. The Morgan fingerprint density at radius 2 is 2.00 bits per heavy atom. The molecule has 0 spiro atoms. The third-order valence-corrected chi connectivity index (χ3v) is 2.82. The molecule has 0 aromatic carbocycles. The van der Waals surface area contributed by atoms with Crippen molar-refractivity contribution in [3.8, 4) is 0 Å². The SMILES string of the molecule is CN(C1CCC1)C(C)(C)C=O. The van der Waals surface area contributed by atoms with Crippen LogP contribution in [0.25, 0.3) is 0 Å². The average molecular weight is 155 g/mol. The highest BCUT2D eigenvalue weighted by atomic mass is 16.1. The molecule has 0 aliphatic heterocycles. The van der Waals surface area contributed by atoms with Crippen molar-refractivity contribution in [2.24, 2.45) is 0 Å². The minimum atomic E-state index is -0.273. The molecule has 0 heterocycles. The molecular formula is C9H17NO. The molecule has 1 saturated carbocycles. The zero-order valence-corrected chi connectivity index (χ0v) is 7.63. The van der Waals surface area contributed by atoms with Gasteiger partial charge in [-0.2, -0.15) is 0 Å². The van der Waals surface area contributed by atoms with Gasteiger partial charge in [-0.1, -0.05) is 6.42 Å². The van der Waals surface area contributed by atoms with Crippen molar-refractivity contribution < 1.29 is 4.79 Å². The van der Waals surface area contributed by atoms with E-state index in [1.807, 2.05) is 20.9 Å². The van der Waals surface area contributed by atoms with Crippen LogP contribution in [-0.2, 0) is 4.79 Å². The van der Waals surface area contributed by atoms with Crippen LogP contribution in [0.1, 0.15) is 33.1 Å². The van der Waals surface area contributed by atoms with Crippen LogP contribution in [0.15, 0.2) is 0 Å². The topological polar surface area (TPSA) is 20.3 Å². The Labute approximate surface area is 68.6 Å². The smallest absolute Gasteiger partial charge is 0.139 e. The van der Waals surface area contributed by atoms with Crippen molar-refractivity contribution in [2.75, 3.05) is 7.05 Å². The summed E-state index contributed by atoms with van der Waals surface area (Å²) >= 11 is 0. The minimum Gasteiger partial charge on any atom is -0.301 e.